The van der Waals surface area contributed by atoms with Crippen LogP contribution in [0.1, 0.15) is 25.0 Å². The van der Waals surface area contributed by atoms with E-state index < -0.39 is 0 Å². The average Bonchev–Trinajstić information content (AvgIpc) is 3.61. The number of anilines is 3. The summed E-state index contributed by atoms with van der Waals surface area (Å²) in [4.78, 5) is 17.9. The molecule has 0 N–H and O–H groups in total. The second-order valence-electron chi connectivity index (χ2n) is 15.3. The van der Waals surface area contributed by atoms with Gasteiger partial charge in [0.2, 0.25) is 5.95 Å². The fraction of sp³-hybridized carbons (Fsp3) is 0.0577. The van der Waals surface area contributed by atoms with Crippen LogP contribution in [0.15, 0.2) is 188 Å². The van der Waals surface area contributed by atoms with E-state index in [1.165, 1.54) is 38.7 Å². The molecule has 5 heteroatoms. The van der Waals surface area contributed by atoms with Crippen LogP contribution in [0.3, 0.4) is 0 Å². The van der Waals surface area contributed by atoms with Crippen LogP contribution < -0.4 is 4.90 Å². The van der Waals surface area contributed by atoms with E-state index in [0.29, 0.717) is 17.6 Å². The maximum absolute atomic E-state index is 5.22. The minimum Gasteiger partial charge on any atom is -0.310 e. The first kappa shape index (κ1) is 33.0. The zero-order valence-corrected chi connectivity index (χ0v) is 31.6. The molecule has 0 radical (unpaired) electrons. The molecule has 0 fully saturated rings. The summed E-state index contributed by atoms with van der Waals surface area (Å²) in [6.45, 7) is 4.69. The molecule has 0 saturated heterocycles. The number of benzene rings is 8. The number of nitrogens with zero attached hydrogens (tertiary/aromatic N) is 5. The number of hydrogen-bond acceptors (Lipinski definition) is 4. The van der Waals surface area contributed by atoms with Crippen molar-refractivity contribution >= 4 is 49.6 Å². The first-order valence-electron chi connectivity index (χ1n) is 19.5. The smallest absolute Gasteiger partial charge is 0.238 e. The lowest BCUT2D eigenvalue weighted by Crippen LogP contribution is -2.30. The Kier molecular flexibility index (Phi) is 7.45. The van der Waals surface area contributed by atoms with Crippen LogP contribution in [0.4, 0.5) is 17.1 Å². The van der Waals surface area contributed by atoms with Crippen LogP contribution in [-0.4, -0.2) is 19.5 Å². The molecule has 8 aromatic carbocycles. The lowest BCUT2D eigenvalue weighted by molar-refractivity contribution is 0.632. The lowest BCUT2D eigenvalue weighted by Gasteiger charge is -2.42. The van der Waals surface area contributed by atoms with Crippen LogP contribution in [0.25, 0.3) is 72.4 Å². The Labute approximate surface area is 331 Å². The third-order valence-corrected chi connectivity index (χ3v) is 11.6. The summed E-state index contributed by atoms with van der Waals surface area (Å²) in [6, 6.07) is 66.7. The highest BCUT2D eigenvalue weighted by atomic mass is 15.2. The number of fused-ring (bicyclic) bond motifs is 7. The number of hydrogen-bond donors (Lipinski definition) is 0. The van der Waals surface area contributed by atoms with Gasteiger partial charge >= 0.3 is 0 Å². The van der Waals surface area contributed by atoms with E-state index in [9.17, 15) is 0 Å². The predicted molar refractivity (Wildman–Crippen MR) is 235 cm³/mol. The molecule has 0 amide bonds. The van der Waals surface area contributed by atoms with E-state index in [4.69, 9.17) is 15.0 Å². The first-order valence-corrected chi connectivity index (χ1v) is 19.5. The van der Waals surface area contributed by atoms with Gasteiger partial charge in [0.1, 0.15) is 0 Å². The van der Waals surface area contributed by atoms with Gasteiger partial charge < -0.3 is 4.90 Å². The molecule has 0 aliphatic carbocycles. The van der Waals surface area contributed by atoms with Crippen molar-refractivity contribution in [3.05, 3.63) is 199 Å². The minimum atomic E-state index is -0.225. The van der Waals surface area contributed by atoms with Crippen LogP contribution in [-0.2, 0) is 5.41 Å². The lowest BCUT2D eigenvalue weighted by atomic mass is 9.73. The van der Waals surface area contributed by atoms with Crippen LogP contribution in [0.2, 0.25) is 0 Å². The Morgan fingerprint density at radius 1 is 0.421 bits per heavy atom. The van der Waals surface area contributed by atoms with Gasteiger partial charge in [-0.3, -0.25) is 4.57 Å². The molecule has 10 aromatic rings. The molecular formula is C52H37N5. The molecule has 5 nitrogen and oxygen atoms in total. The summed E-state index contributed by atoms with van der Waals surface area (Å²) in [7, 11) is 0. The summed E-state index contributed by atoms with van der Waals surface area (Å²) in [6.07, 6.45) is 0. The van der Waals surface area contributed by atoms with Crippen molar-refractivity contribution in [2.75, 3.05) is 4.90 Å². The second-order valence-corrected chi connectivity index (χ2v) is 15.3. The van der Waals surface area contributed by atoms with Gasteiger partial charge in [-0.2, -0.15) is 9.97 Å². The first-order chi connectivity index (χ1) is 28.0. The van der Waals surface area contributed by atoms with Crippen molar-refractivity contribution in [2.24, 2.45) is 0 Å². The van der Waals surface area contributed by atoms with Crippen molar-refractivity contribution in [2.45, 2.75) is 19.3 Å². The van der Waals surface area contributed by atoms with Gasteiger partial charge in [-0.15, -0.1) is 0 Å². The molecule has 2 aromatic heterocycles. The second kappa shape index (κ2) is 12.9. The van der Waals surface area contributed by atoms with Crippen LogP contribution in [0, 0.1) is 0 Å². The van der Waals surface area contributed by atoms with Crippen molar-refractivity contribution in [3.63, 3.8) is 0 Å². The van der Waals surface area contributed by atoms with E-state index in [-0.39, 0.29) is 5.41 Å². The van der Waals surface area contributed by atoms with Crippen LogP contribution >= 0.6 is 0 Å². The molecule has 0 unspecified atom stereocenters. The zero-order valence-electron chi connectivity index (χ0n) is 31.6. The number of para-hydroxylation sites is 2. The fourth-order valence-corrected chi connectivity index (χ4v) is 8.82. The van der Waals surface area contributed by atoms with Gasteiger partial charge in [-0.1, -0.05) is 159 Å². The van der Waals surface area contributed by atoms with Gasteiger partial charge in [0.15, 0.2) is 11.6 Å². The summed E-state index contributed by atoms with van der Waals surface area (Å²) >= 11 is 0. The van der Waals surface area contributed by atoms with Gasteiger partial charge in [0, 0.05) is 33.0 Å². The maximum atomic E-state index is 5.22. The normalized spacial score (nSPS) is 13.2. The van der Waals surface area contributed by atoms with E-state index >= 15 is 0 Å². The zero-order chi connectivity index (χ0) is 38.1. The Bertz CT molecular complexity index is 3090. The molecule has 0 atom stereocenters. The van der Waals surface area contributed by atoms with Gasteiger partial charge in [0.05, 0.1) is 22.4 Å². The molecule has 0 spiro atoms. The van der Waals surface area contributed by atoms with Crippen LogP contribution in [0.5, 0.6) is 0 Å². The minimum absolute atomic E-state index is 0.225. The Morgan fingerprint density at radius 3 is 1.75 bits per heavy atom. The topological polar surface area (TPSA) is 46.8 Å². The quantitative estimate of drug-likeness (QED) is 0.177. The summed E-state index contributed by atoms with van der Waals surface area (Å²) in [5.74, 6) is 1.84. The highest BCUT2D eigenvalue weighted by molar-refractivity contribution is 6.21. The van der Waals surface area contributed by atoms with Gasteiger partial charge in [-0.25, -0.2) is 4.98 Å². The third kappa shape index (κ3) is 5.27. The molecule has 1 aliphatic heterocycles. The summed E-state index contributed by atoms with van der Waals surface area (Å²) in [5.41, 5.74) is 12.2. The van der Waals surface area contributed by atoms with E-state index in [1.54, 1.807) is 0 Å². The van der Waals surface area contributed by atoms with Crippen molar-refractivity contribution in [1.29, 1.82) is 0 Å². The molecule has 0 saturated carbocycles. The highest BCUT2D eigenvalue weighted by Gasteiger charge is 2.37. The van der Waals surface area contributed by atoms with Crippen molar-refractivity contribution < 1.29 is 0 Å². The van der Waals surface area contributed by atoms with Crippen molar-refractivity contribution in [3.8, 4) is 39.9 Å². The SMILES string of the molecule is CC1(C)c2ccccc2N(c2ccccc2)c2ccc(-c3ccc4c5c6ccccc6ccc5n(-c5nc(-c6ccccc6)nc(-c6ccccc6)n5)c4c3)cc21. The van der Waals surface area contributed by atoms with E-state index in [1.807, 2.05) is 36.4 Å². The number of rotatable bonds is 5. The Balaban J connectivity index is 1.16. The average molecular weight is 732 g/mol. The third-order valence-electron chi connectivity index (χ3n) is 11.6. The monoisotopic (exact) mass is 731 g/mol. The standard InChI is InChI=1S/C52H37N5/c1-52(2)42-24-14-15-25-44(42)56(39-21-10-5-11-22-39)45-30-28-37(32-43(45)52)38-26-29-41-47(33-38)57(46-31-27-34-16-12-13-23-40(34)48(41)46)51-54-49(35-17-6-3-7-18-35)53-50(55-51)36-19-8-4-9-20-36/h3-33H,1-2H3. The predicted octanol–water partition coefficient (Wildman–Crippen LogP) is 13.2. The highest BCUT2D eigenvalue weighted by Crippen LogP contribution is 2.52. The maximum Gasteiger partial charge on any atom is 0.238 e. The van der Waals surface area contributed by atoms with E-state index in [2.05, 4.69) is 175 Å². The molecule has 0 bridgehead atoms. The Morgan fingerprint density at radius 2 is 1.02 bits per heavy atom. The Hall–Kier alpha value is -7.37. The van der Waals surface area contributed by atoms with E-state index in [0.717, 1.165) is 44.4 Å². The molecule has 57 heavy (non-hydrogen) atoms. The van der Waals surface area contributed by atoms with Gasteiger partial charge in [0.25, 0.3) is 0 Å². The molecular weight excluding hydrogens is 695 g/mol. The molecule has 3 heterocycles. The molecule has 270 valence electrons. The fourth-order valence-electron chi connectivity index (χ4n) is 8.82. The largest absolute Gasteiger partial charge is 0.310 e. The summed E-state index contributed by atoms with van der Waals surface area (Å²) < 4.78 is 2.23. The van der Waals surface area contributed by atoms with Gasteiger partial charge in [-0.05, 0) is 75.5 Å². The molecule has 1 aliphatic rings. The number of aromatic nitrogens is 4. The van der Waals surface area contributed by atoms with Crippen molar-refractivity contribution in [1.82, 2.24) is 19.5 Å². The molecule has 11 rings (SSSR count). The summed E-state index contributed by atoms with van der Waals surface area (Å²) in [5, 5.41) is 4.72.